The van der Waals surface area contributed by atoms with E-state index in [1.807, 2.05) is 0 Å². The van der Waals surface area contributed by atoms with E-state index in [2.05, 4.69) is 25.4 Å². The van der Waals surface area contributed by atoms with Crippen molar-refractivity contribution in [1.82, 2.24) is 9.44 Å². The minimum Gasteiger partial charge on any atom is -0.213 e. The smallest absolute Gasteiger partial charge is 0.213 e. The summed E-state index contributed by atoms with van der Waals surface area (Å²) in [5.74, 6) is -0.702. The van der Waals surface area contributed by atoms with Gasteiger partial charge >= 0.3 is 0 Å². The lowest BCUT2D eigenvalue weighted by Crippen LogP contribution is -2.50. The highest BCUT2D eigenvalue weighted by Gasteiger charge is 2.25. The number of benzene rings is 1. The van der Waals surface area contributed by atoms with Gasteiger partial charge in [0.05, 0.1) is 15.6 Å². The van der Waals surface area contributed by atoms with Crippen molar-refractivity contribution in [2.75, 3.05) is 12.8 Å². The molecule has 0 amide bonds. The summed E-state index contributed by atoms with van der Waals surface area (Å²) in [6.07, 6.45) is 0.980. The van der Waals surface area contributed by atoms with E-state index in [0.29, 0.717) is 0 Å². The second kappa shape index (κ2) is 6.29. The van der Waals surface area contributed by atoms with Gasteiger partial charge in [-0.3, -0.25) is 0 Å². The molecule has 0 aromatic heterocycles. The van der Waals surface area contributed by atoms with Gasteiger partial charge in [-0.1, -0.05) is 0 Å². The third-order valence-corrected chi connectivity index (χ3v) is 5.33. The van der Waals surface area contributed by atoms with Crippen LogP contribution in [0.1, 0.15) is 13.8 Å². The molecule has 0 saturated carbocycles. The van der Waals surface area contributed by atoms with E-state index >= 15 is 0 Å². The Bertz CT molecular complexity index is 733. The molecule has 0 atom stereocenters. The highest BCUT2D eigenvalue weighted by Crippen LogP contribution is 2.19. The maximum absolute atomic E-state index is 13.4. The normalized spacial score (nSPS) is 13.4. The van der Waals surface area contributed by atoms with Crippen molar-refractivity contribution in [1.29, 1.82) is 0 Å². The fourth-order valence-electron chi connectivity index (χ4n) is 1.54. The first-order valence-electron chi connectivity index (χ1n) is 5.76. The molecule has 0 aliphatic carbocycles. The van der Waals surface area contributed by atoms with Crippen LogP contribution in [0.15, 0.2) is 27.6 Å². The Morgan fingerprint density at radius 2 is 1.81 bits per heavy atom. The van der Waals surface area contributed by atoms with E-state index in [9.17, 15) is 21.2 Å². The van der Waals surface area contributed by atoms with Gasteiger partial charge in [-0.05, 0) is 48.0 Å². The number of hydrogen-bond acceptors (Lipinski definition) is 4. The van der Waals surface area contributed by atoms with Gasteiger partial charge in [0.25, 0.3) is 0 Å². The Morgan fingerprint density at radius 1 is 1.24 bits per heavy atom. The van der Waals surface area contributed by atoms with Crippen LogP contribution in [0.2, 0.25) is 0 Å². The van der Waals surface area contributed by atoms with E-state index in [0.717, 1.165) is 12.3 Å². The maximum atomic E-state index is 13.4. The molecule has 0 radical (unpaired) electrons. The summed E-state index contributed by atoms with van der Waals surface area (Å²) in [5.41, 5.74) is -1.02. The summed E-state index contributed by atoms with van der Waals surface area (Å²) in [6.45, 7) is 2.87. The van der Waals surface area contributed by atoms with Gasteiger partial charge < -0.3 is 0 Å². The van der Waals surface area contributed by atoms with Crippen LogP contribution in [0.4, 0.5) is 4.39 Å². The lowest BCUT2D eigenvalue weighted by molar-refractivity contribution is 0.446. The van der Waals surface area contributed by atoms with Crippen molar-refractivity contribution in [3.05, 3.63) is 28.5 Å². The molecule has 0 aliphatic heterocycles. The van der Waals surface area contributed by atoms with Crippen LogP contribution in [0.3, 0.4) is 0 Å². The van der Waals surface area contributed by atoms with Crippen LogP contribution in [0.25, 0.3) is 0 Å². The zero-order valence-electron chi connectivity index (χ0n) is 11.6. The molecule has 0 bridgehead atoms. The fourth-order valence-corrected chi connectivity index (χ4v) is 4.09. The fraction of sp³-hybridized carbons (Fsp3) is 0.455. The molecule has 0 unspecified atom stereocenters. The van der Waals surface area contributed by atoms with Crippen LogP contribution < -0.4 is 9.44 Å². The molecule has 0 spiro atoms. The molecular formula is C11H16BrFN2O4S2. The highest BCUT2D eigenvalue weighted by molar-refractivity contribution is 9.10. The summed E-state index contributed by atoms with van der Waals surface area (Å²) >= 11 is 2.93. The summed E-state index contributed by atoms with van der Waals surface area (Å²) in [5, 5.41) is 0. The van der Waals surface area contributed by atoms with Crippen molar-refractivity contribution < 1.29 is 21.2 Å². The van der Waals surface area contributed by atoms with E-state index in [4.69, 9.17) is 0 Å². The minimum absolute atomic E-state index is 0.153. The van der Waals surface area contributed by atoms with E-state index < -0.39 is 31.4 Å². The molecule has 10 heteroatoms. The molecule has 0 saturated heterocycles. The minimum atomic E-state index is -3.93. The number of nitrogens with one attached hydrogen (secondary N) is 2. The van der Waals surface area contributed by atoms with Crippen LogP contribution in [0, 0.1) is 5.82 Å². The Morgan fingerprint density at radius 3 is 2.29 bits per heavy atom. The van der Waals surface area contributed by atoms with Crippen molar-refractivity contribution in [3.63, 3.8) is 0 Å². The average Bonchev–Trinajstić information content (AvgIpc) is 2.27. The molecular weight excluding hydrogens is 387 g/mol. The van der Waals surface area contributed by atoms with E-state index in [1.165, 1.54) is 26.0 Å². The SMILES string of the molecule is CC(C)(CNS(=O)(=O)c1ccc(Br)c(F)c1)NS(C)(=O)=O. The van der Waals surface area contributed by atoms with Crippen LogP contribution in [0.5, 0.6) is 0 Å². The van der Waals surface area contributed by atoms with Gasteiger partial charge in [0, 0.05) is 12.1 Å². The summed E-state index contributed by atoms with van der Waals surface area (Å²) in [6, 6.07) is 3.40. The Balaban J connectivity index is 2.89. The molecule has 6 nitrogen and oxygen atoms in total. The quantitative estimate of drug-likeness (QED) is 0.747. The van der Waals surface area contributed by atoms with Gasteiger partial charge in [0.2, 0.25) is 20.0 Å². The first kappa shape index (κ1) is 18.5. The lowest BCUT2D eigenvalue weighted by atomic mass is 10.1. The zero-order chi connectivity index (χ0) is 16.5. The van der Waals surface area contributed by atoms with Crippen molar-refractivity contribution >= 4 is 36.0 Å². The topological polar surface area (TPSA) is 92.3 Å². The second-order valence-corrected chi connectivity index (χ2v) is 9.53. The highest BCUT2D eigenvalue weighted by atomic mass is 79.9. The van der Waals surface area contributed by atoms with Crippen LogP contribution in [-0.2, 0) is 20.0 Å². The van der Waals surface area contributed by atoms with E-state index in [1.54, 1.807) is 0 Å². The predicted octanol–water partition coefficient (Wildman–Crippen LogP) is 1.19. The largest absolute Gasteiger partial charge is 0.240 e. The average molecular weight is 403 g/mol. The first-order chi connectivity index (χ1) is 9.32. The zero-order valence-corrected chi connectivity index (χ0v) is 14.9. The maximum Gasteiger partial charge on any atom is 0.240 e. The van der Waals surface area contributed by atoms with Gasteiger partial charge in [-0.2, -0.15) is 0 Å². The summed E-state index contributed by atoms with van der Waals surface area (Å²) in [4.78, 5) is -0.238. The third kappa shape index (κ3) is 5.99. The number of halogens is 2. The molecule has 0 fully saturated rings. The van der Waals surface area contributed by atoms with Crippen molar-refractivity contribution in [2.24, 2.45) is 0 Å². The van der Waals surface area contributed by atoms with E-state index in [-0.39, 0.29) is 15.9 Å². The Kier molecular flexibility index (Phi) is 5.54. The van der Waals surface area contributed by atoms with Crippen LogP contribution >= 0.6 is 15.9 Å². The molecule has 0 aliphatic rings. The number of rotatable bonds is 6. The summed E-state index contributed by atoms with van der Waals surface area (Å²) in [7, 11) is -7.41. The molecule has 1 aromatic carbocycles. The monoisotopic (exact) mass is 402 g/mol. The molecule has 1 rings (SSSR count). The number of hydrogen-bond donors (Lipinski definition) is 2. The molecule has 21 heavy (non-hydrogen) atoms. The lowest BCUT2D eigenvalue weighted by Gasteiger charge is -2.25. The Labute approximate surface area is 132 Å². The summed E-state index contributed by atoms with van der Waals surface area (Å²) < 4.78 is 64.5. The van der Waals surface area contributed by atoms with Gasteiger partial charge in [-0.25, -0.2) is 30.7 Å². The van der Waals surface area contributed by atoms with Crippen molar-refractivity contribution in [2.45, 2.75) is 24.3 Å². The molecule has 0 heterocycles. The standard InChI is InChI=1S/C11H16BrFN2O4S2/c1-11(2,15-20(3,16)17)7-14-21(18,19)8-4-5-9(12)10(13)6-8/h4-6,14-15H,7H2,1-3H3. The van der Waals surface area contributed by atoms with Crippen LogP contribution in [-0.4, -0.2) is 35.2 Å². The van der Waals surface area contributed by atoms with Crippen molar-refractivity contribution in [3.8, 4) is 0 Å². The second-order valence-electron chi connectivity index (χ2n) is 5.16. The molecule has 1 aromatic rings. The first-order valence-corrected chi connectivity index (χ1v) is 9.93. The number of sulfonamides is 2. The van der Waals surface area contributed by atoms with Gasteiger partial charge in [0.1, 0.15) is 5.82 Å². The third-order valence-electron chi connectivity index (χ3n) is 2.37. The van der Waals surface area contributed by atoms with Gasteiger partial charge in [0.15, 0.2) is 0 Å². The molecule has 2 N–H and O–H groups in total. The predicted molar refractivity (Wildman–Crippen MR) is 81.3 cm³/mol. The Hall–Kier alpha value is -0.550. The van der Waals surface area contributed by atoms with Gasteiger partial charge in [-0.15, -0.1) is 0 Å². The molecule has 120 valence electrons.